The molecule has 0 unspecified atom stereocenters. The van der Waals surface area contributed by atoms with Crippen LogP contribution in [0.5, 0.6) is 0 Å². The van der Waals surface area contributed by atoms with Gasteiger partial charge in [0.25, 0.3) is 0 Å². The molecule has 1 aliphatic heterocycles. The van der Waals surface area contributed by atoms with Gasteiger partial charge in [-0.15, -0.1) is 0 Å². The molecule has 0 amide bonds. The van der Waals surface area contributed by atoms with Gasteiger partial charge in [-0.2, -0.15) is 0 Å². The second kappa shape index (κ2) is 6.83. The first kappa shape index (κ1) is 16.6. The molecule has 0 spiro atoms. The fourth-order valence-electron chi connectivity index (χ4n) is 1.70. The molecule has 0 radical (unpaired) electrons. The van der Waals surface area contributed by atoms with E-state index in [4.69, 9.17) is 9.84 Å². The van der Waals surface area contributed by atoms with Crippen LogP contribution in [0.15, 0.2) is 21.9 Å². The summed E-state index contributed by atoms with van der Waals surface area (Å²) in [6, 6.07) is 1.04. The van der Waals surface area contributed by atoms with E-state index >= 15 is 0 Å². The molecule has 9 heteroatoms. The molecule has 4 atom stereocenters. The minimum Gasteiger partial charge on any atom is -0.394 e. The third kappa shape index (κ3) is 3.18. The van der Waals surface area contributed by atoms with Gasteiger partial charge in [-0.1, -0.05) is 6.20 Å². The number of rotatable bonds is 2. The Balaban J connectivity index is 0.00000162. The summed E-state index contributed by atoms with van der Waals surface area (Å²) in [5.41, 5.74) is -1.58. The minimum absolute atomic E-state index is 0. The van der Waals surface area contributed by atoms with Gasteiger partial charge in [-0.3, -0.25) is 9.59 Å². The molecule has 1 fully saturated rings. The van der Waals surface area contributed by atoms with E-state index in [0.717, 1.165) is 16.8 Å². The zero-order valence-corrected chi connectivity index (χ0v) is 15.9. The fourth-order valence-corrected chi connectivity index (χ4v) is 1.70. The molecule has 1 aromatic heterocycles. The number of aliphatic hydroxyl groups excluding tert-OH is 3. The van der Waals surface area contributed by atoms with Crippen molar-refractivity contribution >= 4 is 0 Å². The molecule has 2 rings (SSSR count). The van der Waals surface area contributed by atoms with Crippen LogP contribution in [0.4, 0.5) is 0 Å². The van der Waals surface area contributed by atoms with Crippen molar-refractivity contribution in [1.29, 1.82) is 0 Å². The van der Waals surface area contributed by atoms with E-state index in [9.17, 15) is 19.8 Å². The molecule has 1 saturated heterocycles. The van der Waals surface area contributed by atoms with E-state index in [2.05, 4.69) is 4.98 Å². The summed E-state index contributed by atoms with van der Waals surface area (Å²) in [5, 5.41) is 28.0. The van der Waals surface area contributed by atoms with Crippen molar-refractivity contribution in [3.8, 4) is 0 Å². The number of hydrogen-bond donors (Lipinski definition) is 3. The number of hydrogen-bond acceptors (Lipinski definition) is 6. The van der Waals surface area contributed by atoms with Crippen LogP contribution < -0.4 is 85.1 Å². The van der Waals surface area contributed by atoms with Crippen LogP contribution in [0, 0.1) is 0 Å². The second-order valence-electron chi connectivity index (χ2n) is 3.68. The Hall–Kier alpha value is 0.572. The first-order valence-corrected chi connectivity index (χ1v) is 4.93. The van der Waals surface area contributed by atoms with Crippen LogP contribution in [0.25, 0.3) is 0 Å². The summed E-state index contributed by atoms with van der Waals surface area (Å²) in [7, 11) is 0. The SMILES string of the molecule is O=c1ccn([C@@H]2O[C@H](CO)[C@@H](O)[C@H]2O)c(=O)[n-]1.[Cs+]. The predicted octanol–water partition coefficient (Wildman–Crippen LogP) is -6.22. The predicted molar refractivity (Wildman–Crippen MR) is 53.3 cm³/mol. The molecule has 1 aromatic rings. The van der Waals surface area contributed by atoms with Crippen molar-refractivity contribution in [1.82, 2.24) is 9.55 Å². The summed E-state index contributed by atoms with van der Waals surface area (Å²) < 4.78 is 6.01. The summed E-state index contributed by atoms with van der Waals surface area (Å²) >= 11 is 0. The molecule has 0 aromatic carbocycles. The first-order valence-electron chi connectivity index (χ1n) is 4.93. The smallest absolute Gasteiger partial charge is 0.394 e. The molecular formula is C9H11CsN2O6. The maximum absolute atomic E-state index is 11.4. The molecule has 1 aliphatic rings. The summed E-state index contributed by atoms with van der Waals surface area (Å²) in [4.78, 5) is 25.3. The van der Waals surface area contributed by atoms with Gasteiger partial charge in [0.1, 0.15) is 18.3 Å². The van der Waals surface area contributed by atoms with Crippen LogP contribution in [-0.2, 0) is 4.74 Å². The van der Waals surface area contributed by atoms with Crippen LogP contribution in [-0.4, -0.2) is 44.8 Å². The van der Waals surface area contributed by atoms with Gasteiger partial charge in [0.15, 0.2) is 11.2 Å². The molecule has 0 aliphatic carbocycles. The zero-order valence-electron chi connectivity index (χ0n) is 9.63. The van der Waals surface area contributed by atoms with Crippen molar-refractivity contribution in [2.75, 3.05) is 6.61 Å². The Labute approximate surface area is 160 Å². The Morgan fingerprint density at radius 3 is 2.50 bits per heavy atom. The monoisotopic (exact) mass is 376 g/mol. The van der Waals surface area contributed by atoms with E-state index in [1.54, 1.807) is 0 Å². The van der Waals surface area contributed by atoms with Gasteiger partial charge in [-0.05, 0) is 6.07 Å². The van der Waals surface area contributed by atoms with Gasteiger partial charge < -0.3 is 29.6 Å². The molecule has 18 heavy (non-hydrogen) atoms. The zero-order chi connectivity index (χ0) is 12.6. The molecule has 2 heterocycles. The Kier molecular flexibility index (Phi) is 6.31. The topological polar surface area (TPSA) is 123 Å². The number of ether oxygens (including phenoxy) is 1. The van der Waals surface area contributed by atoms with Gasteiger partial charge in [0, 0.05) is 0 Å². The number of aliphatic hydroxyl groups is 3. The minimum atomic E-state index is -1.37. The molecule has 94 valence electrons. The molecule has 0 bridgehead atoms. The largest absolute Gasteiger partial charge is 1.00 e. The van der Waals surface area contributed by atoms with E-state index in [1.807, 2.05) is 0 Å². The summed E-state index contributed by atoms with van der Waals surface area (Å²) in [5.74, 6) is 0. The quantitative estimate of drug-likeness (QED) is 0.469. The standard InChI is InChI=1S/C9H12N2O6.Cs/c12-3-4-6(14)7(15)8(17-4)11-2-1-5(13)10-9(11)16;/h1-2,4,6-8,12,14-15H,3H2,(H,10,13,16);/q;+1/p-1/t4-,6-,7-,8-;/m1./s1. The van der Waals surface area contributed by atoms with E-state index in [0.29, 0.717) is 0 Å². The van der Waals surface area contributed by atoms with E-state index < -0.39 is 42.4 Å². The van der Waals surface area contributed by atoms with Crippen LogP contribution in [0.2, 0.25) is 0 Å². The van der Waals surface area contributed by atoms with Crippen LogP contribution in [0.1, 0.15) is 6.23 Å². The van der Waals surface area contributed by atoms with Crippen molar-refractivity contribution in [2.45, 2.75) is 24.5 Å². The van der Waals surface area contributed by atoms with Crippen molar-refractivity contribution in [3.63, 3.8) is 0 Å². The second-order valence-corrected chi connectivity index (χ2v) is 3.68. The van der Waals surface area contributed by atoms with E-state index in [-0.39, 0.29) is 68.9 Å². The molecular weight excluding hydrogens is 365 g/mol. The Morgan fingerprint density at radius 1 is 1.33 bits per heavy atom. The van der Waals surface area contributed by atoms with Gasteiger partial charge in [0.05, 0.1) is 12.8 Å². The maximum atomic E-state index is 11.4. The van der Waals surface area contributed by atoms with Crippen LogP contribution >= 0.6 is 0 Å². The number of aromatic nitrogens is 2. The third-order valence-electron chi connectivity index (χ3n) is 2.60. The third-order valence-corrected chi connectivity index (χ3v) is 2.60. The van der Waals surface area contributed by atoms with E-state index in [1.165, 1.54) is 0 Å². The van der Waals surface area contributed by atoms with Crippen molar-refractivity contribution < 1.29 is 89.0 Å². The van der Waals surface area contributed by atoms with Crippen molar-refractivity contribution in [3.05, 3.63) is 33.1 Å². The molecule has 3 N–H and O–H groups in total. The molecule has 8 nitrogen and oxygen atoms in total. The fraction of sp³-hybridized carbons (Fsp3) is 0.556. The average Bonchev–Trinajstić information content (AvgIpc) is 2.57. The maximum Gasteiger partial charge on any atom is 1.00 e. The van der Waals surface area contributed by atoms with Gasteiger partial charge >= 0.3 is 68.9 Å². The normalized spacial score (nSPS) is 31.1. The Bertz CT molecular complexity index is 514. The average molecular weight is 376 g/mol. The van der Waals surface area contributed by atoms with Gasteiger partial charge in [0.2, 0.25) is 0 Å². The number of nitrogens with zero attached hydrogens (tertiary/aromatic N) is 2. The Morgan fingerprint density at radius 2 is 2.00 bits per heavy atom. The molecule has 0 saturated carbocycles. The van der Waals surface area contributed by atoms with Gasteiger partial charge in [-0.25, -0.2) is 0 Å². The summed E-state index contributed by atoms with van der Waals surface area (Å²) in [6.07, 6.45) is -3.69. The van der Waals surface area contributed by atoms with Crippen LogP contribution in [0.3, 0.4) is 0 Å². The van der Waals surface area contributed by atoms with Crippen molar-refractivity contribution in [2.24, 2.45) is 0 Å². The summed E-state index contributed by atoms with van der Waals surface area (Å²) in [6.45, 7) is -0.490. The first-order chi connectivity index (χ1) is 8.04.